The second-order valence-electron chi connectivity index (χ2n) is 5.28. The summed E-state index contributed by atoms with van der Waals surface area (Å²) in [7, 11) is 2.16. The Labute approximate surface area is 113 Å². The van der Waals surface area contributed by atoms with Gasteiger partial charge >= 0.3 is 5.97 Å². The number of carboxylic acid groups (broad SMARTS) is 1. The molecule has 1 fully saturated rings. The minimum atomic E-state index is -1.00. The van der Waals surface area contributed by atoms with Crippen LogP contribution in [0, 0.1) is 6.92 Å². The summed E-state index contributed by atoms with van der Waals surface area (Å²) < 4.78 is 5.26. The first-order chi connectivity index (χ1) is 9.01. The lowest BCUT2D eigenvalue weighted by molar-refractivity contribution is 0.0661. The lowest BCUT2D eigenvalue weighted by Crippen LogP contribution is -2.50. The predicted molar refractivity (Wildman–Crippen MR) is 72.4 cm³/mol. The summed E-state index contributed by atoms with van der Waals surface area (Å²) in [6.07, 6.45) is 1.14. The van der Waals surface area contributed by atoms with Crippen molar-refractivity contribution in [3.8, 4) is 0 Å². The van der Waals surface area contributed by atoms with Gasteiger partial charge in [0, 0.05) is 37.8 Å². The van der Waals surface area contributed by atoms with Gasteiger partial charge in [-0.1, -0.05) is 6.92 Å². The Bertz CT molecular complexity index is 456. The van der Waals surface area contributed by atoms with Crippen molar-refractivity contribution in [1.29, 1.82) is 0 Å². The molecule has 1 saturated heterocycles. The van der Waals surface area contributed by atoms with Crippen molar-refractivity contribution in [3.05, 3.63) is 23.2 Å². The Balaban J connectivity index is 2.03. The fraction of sp³-hybridized carbons (Fsp3) is 0.643. The molecule has 5 heteroatoms. The molecule has 19 heavy (non-hydrogen) atoms. The van der Waals surface area contributed by atoms with Crippen LogP contribution in [0.1, 0.15) is 35.2 Å². The molecule has 0 saturated carbocycles. The highest BCUT2D eigenvalue weighted by atomic mass is 16.4. The highest BCUT2D eigenvalue weighted by Gasteiger charge is 2.24. The number of piperazine rings is 1. The van der Waals surface area contributed by atoms with Gasteiger partial charge in [-0.15, -0.1) is 0 Å². The molecule has 1 aliphatic rings. The lowest BCUT2D eigenvalue weighted by atomic mass is 10.1. The zero-order chi connectivity index (χ0) is 14.0. The fourth-order valence-electron chi connectivity index (χ4n) is 2.62. The monoisotopic (exact) mass is 266 g/mol. The Kier molecular flexibility index (Phi) is 4.27. The topological polar surface area (TPSA) is 56.9 Å². The Morgan fingerprint density at radius 2 is 2.26 bits per heavy atom. The first-order valence-electron chi connectivity index (χ1n) is 6.76. The molecule has 1 aromatic heterocycles. The summed E-state index contributed by atoms with van der Waals surface area (Å²) in [6, 6.07) is 2.23. The van der Waals surface area contributed by atoms with Crippen LogP contribution in [-0.4, -0.2) is 53.6 Å². The van der Waals surface area contributed by atoms with Crippen molar-refractivity contribution in [2.45, 2.75) is 32.9 Å². The summed E-state index contributed by atoms with van der Waals surface area (Å²) in [5.41, 5.74) is 0.983. The number of rotatable bonds is 4. The molecular formula is C14H22N2O3. The molecule has 0 radical (unpaired) electrons. The normalized spacial score (nSPS) is 21.7. The van der Waals surface area contributed by atoms with Crippen LogP contribution in [0.3, 0.4) is 0 Å². The maximum Gasteiger partial charge on any atom is 0.371 e. The fourth-order valence-corrected chi connectivity index (χ4v) is 2.62. The van der Waals surface area contributed by atoms with Crippen LogP contribution in [-0.2, 0) is 6.54 Å². The minimum Gasteiger partial charge on any atom is -0.475 e. The Morgan fingerprint density at radius 3 is 2.84 bits per heavy atom. The van der Waals surface area contributed by atoms with Gasteiger partial charge in [0.25, 0.3) is 0 Å². The van der Waals surface area contributed by atoms with Crippen LogP contribution in [0.5, 0.6) is 0 Å². The molecule has 1 aromatic rings. The Morgan fingerprint density at radius 1 is 1.53 bits per heavy atom. The van der Waals surface area contributed by atoms with Crippen molar-refractivity contribution in [2.24, 2.45) is 0 Å². The lowest BCUT2D eigenvalue weighted by Gasteiger charge is -2.39. The molecular weight excluding hydrogens is 244 g/mol. The maximum atomic E-state index is 10.9. The largest absolute Gasteiger partial charge is 0.475 e. The van der Waals surface area contributed by atoms with Gasteiger partial charge in [-0.2, -0.15) is 0 Å². The van der Waals surface area contributed by atoms with Crippen molar-refractivity contribution < 1.29 is 14.3 Å². The zero-order valence-corrected chi connectivity index (χ0v) is 11.8. The van der Waals surface area contributed by atoms with Crippen molar-refractivity contribution in [3.63, 3.8) is 0 Å². The van der Waals surface area contributed by atoms with E-state index in [9.17, 15) is 4.79 Å². The first kappa shape index (κ1) is 14.1. The van der Waals surface area contributed by atoms with Crippen LogP contribution in [0.2, 0.25) is 0 Å². The van der Waals surface area contributed by atoms with Crippen LogP contribution in [0.4, 0.5) is 0 Å². The van der Waals surface area contributed by atoms with E-state index in [4.69, 9.17) is 9.52 Å². The number of aromatic carboxylic acids is 1. The average Bonchev–Trinajstić information content (AvgIpc) is 2.73. The molecule has 1 N–H and O–H groups in total. The number of carbonyl (C=O) groups is 1. The van der Waals surface area contributed by atoms with Gasteiger partial charge in [0.2, 0.25) is 5.76 Å². The summed E-state index contributed by atoms with van der Waals surface area (Å²) >= 11 is 0. The van der Waals surface area contributed by atoms with Crippen LogP contribution < -0.4 is 0 Å². The zero-order valence-electron chi connectivity index (χ0n) is 11.8. The average molecular weight is 266 g/mol. The van der Waals surface area contributed by atoms with E-state index in [0.717, 1.165) is 38.2 Å². The maximum absolute atomic E-state index is 10.9. The molecule has 0 aliphatic carbocycles. The van der Waals surface area contributed by atoms with E-state index >= 15 is 0 Å². The van der Waals surface area contributed by atoms with E-state index in [1.165, 1.54) is 0 Å². The third kappa shape index (κ3) is 3.16. The van der Waals surface area contributed by atoms with E-state index in [0.29, 0.717) is 11.8 Å². The van der Waals surface area contributed by atoms with Gasteiger partial charge in [-0.25, -0.2) is 4.79 Å². The second kappa shape index (κ2) is 5.75. The molecule has 0 amide bonds. The number of hydrogen-bond acceptors (Lipinski definition) is 4. The van der Waals surface area contributed by atoms with Crippen molar-refractivity contribution >= 4 is 5.97 Å². The number of hydrogen-bond donors (Lipinski definition) is 1. The number of furan rings is 1. The molecule has 2 rings (SSSR count). The number of carboxylic acids is 1. The summed E-state index contributed by atoms with van der Waals surface area (Å²) in [4.78, 5) is 15.6. The highest BCUT2D eigenvalue weighted by Crippen LogP contribution is 2.19. The summed E-state index contributed by atoms with van der Waals surface area (Å²) in [5, 5.41) is 8.93. The number of aryl methyl sites for hydroxylation is 1. The number of nitrogens with zero attached hydrogens (tertiary/aromatic N) is 2. The molecule has 2 heterocycles. The van der Waals surface area contributed by atoms with E-state index < -0.39 is 5.97 Å². The third-order valence-electron chi connectivity index (χ3n) is 3.96. The molecule has 0 aromatic carbocycles. The number of likely N-dealkylation sites (N-methyl/N-ethyl adjacent to an activating group) is 1. The minimum absolute atomic E-state index is 0.0358. The van der Waals surface area contributed by atoms with Gasteiger partial charge in [0.15, 0.2) is 0 Å². The van der Waals surface area contributed by atoms with Gasteiger partial charge in [-0.3, -0.25) is 4.90 Å². The molecule has 1 atom stereocenters. The second-order valence-corrected chi connectivity index (χ2v) is 5.28. The van der Waals surface area contributed by atoms with Crippen LogP contribution >= 0.6 is 0 Å². The van der Waals surface area contributed by atoms with E-state index in [1.54, 1.807) is 6.07 Å². The van der Waals surface area contributed by atoms with Crippen LogP contribution in [0.15, 0.2) is 10.5 Å². The first-order valence-corrected chi connectivity index (χ1v) is 6.76. The van der Waals surface area contributed by atoms with Gasteiger partial charge in [-0.05, 0) is 26.5 Å². The smallest absolute Gasteiger partial charge is 0.371 e. The van der Waals surface area contributed by atoms with Gasteiger partial charge in [0.1, 0.15) is 5.76 Å². The summed E-state index contributed by atoms with van der Waals surface area (Å²) in [6.45, 7) is 7.90. The van der Waals surface area contributed by atoms with E-state index in [-0.39, 0.29) is 5.76 Å². The van der Waals surface area contributed by atoms with Gasteiger partial charge in [0.05, 0.1) is 0 Å². The SMILES string of the molecule is CCC1CN(Cc2cc(C(=O)O)oc2C)CCN1C. The standard InChI is InChI=1S/C14H22N2O3/c1-4-12-9-16(6-5-15(12)3)8-11-7-13(14(17)18)19-10(11)2/h7,12H,4-6,8-9H2,1-3H3,(H,17,18). The molecule has 0 bridgehead atoms. The third-order valence-corrected chi connectivity index (χ3v) is 3.96. The highest BCUT2D eigenvalue weighted by molar-refractivity contribution is 5.84. The van der Waals surface area contributed by atoms with Crippen molar-refractivity contribution in [2.75, 3.05) is 26.7 Å². The molecule has 106 valence electrons. The van der Waals surface area contributed by atoms with E-state index in [2.05, 4.69) is 23.8 Å². The molecule has 1 aliphatic heterocycles. The van der Waals surface area contributed by atoms with Crippen molar-refractivity contribution in [1.82, 2.24) is 9.80 Å². The molecule has 5 nitrogen and oxygen atoms in total. The predicted octanol–water partition coefficient (Wildman–Crippen LogP) is 1.81. The molecule has 0 spiro atoms. The van der Waals surface area contributed by atoms with E-state index in [1.807, 2.05) is 6.92 Å². The summed E-state index contributed by atoms with van der Waals surface area (Å²) in [5.74, 6) is -0.253. The molecule has 1 unspecified atom stereocenters. The van der Waals surface area contributed by atoms with Crippen LogP contribution in [0.25, 0.3) is 0 Å². The quantitative estimate of drug-likeness (QED) is 0.900. The Hall–Kier alpha value is -1.33. The van der Waals surface area contributed by atoms with Gasteiger partial charge < -0.3 is 14.4 Å².